The number of methoxy groups -OCH3 is 1. The quantitative estimate of drug-likeness (QED) is 0.743. The molecule has 4 rings (SSSR count). The number of amides is 1. The number of carbonyl (C=O) groups excluding carboxylic acids is 1. The molecule has 3 fully saturated rings. The molecule has 146 valence electrons. The van der Waals surface area contributed by atoms with E-state index in [9.17, 15) is 13.2 Å². The molecule has 1 amide bonds. The second-order valence-electron chi connectivity index (χ2n) is 7.01. The lowest BCUT2D eigenvalue weighted by atomic mass is 10.1. The van der Waals surface area contributed by atoms with Crippen molar-refractivity contribution >= 4 is 32.7 Å². The number of nitrogens with zero attached hydrogens (tertiary/aromatic N) is 2. The lowest BCUT2D eigenvalue weighted by Crippen LogP contribution is -2.37. The average molecular weight is 411 g/mol. The Balaban J connectivity index is 1.60. The fourth-order valence-electron chi connectivity index (χ4n) is 3.73. The van der Waals surface area contributed by atoms with E-state index >= 15 is 0 Å². The first-order chi connectivity index (χ1) is 12.9. The Hall–Kier alpha value is -1.58. The van der Waals surface area contributed by atoms with Crippen molar-refractivity contribution in [2.45, 2.75) is 36.8 Å². The number of ether oxygens (including phenoxy) is 2. The van der Waals surface area contributed by atoms with Crippen molar-refractivity contribution in [1.82, 2.24) is 4.90 Å². The third-order valence-corrected chi connectivity index (χ3v) is 8.32. The summed E-state index contributed by atoms with van der Waals surface area (Å²) in [5, 5.41) is 0.514. The molecule has 3 aliphatic heterocycles. The van der Waals surface area contributed by atoms with Crippen LogP contribution in [-0.4, -0.2) is 67.0 Å². The molecule has 9 heteroatoms. The second-order valence-corrected chi connectivity index (χ2v) is 10.4. The Bertz CT molecular complexity index is 864. The van der Waals surface area contributed by atoms with Gasteiger partial charge in [0.15, 0.2) is 15.0 Å². The van der Waals surface area contributed by atoms with Crippen molar-refractivity contribution in [3.63, 3.8) is 0 Å². The van der Waals surface area contributed by atoms with Crippen molar-refractivity contribution in [1.29, 1.82) is 0 Å². The van der Waals surface area contributed by atoms with Crippen LogP contribution in [-0.2, 0) is 25.9 Å². The van der Waals surface area contributed by atoms with Gasteiger partial charge >= 0.3 is 0 Å². The van der Waals surface area contributed by atoms with Crippen molar-refractivity contribution in [2.24, 2.45) is 4.99 Å². The highest BCUT2D eigenvalue weighted by atomic mass is 32.2. The molecule has 1 aromatic rings. The summed E-state index contributed by atoms with van der Waals surface area (Å²) in [7, 11) is -1.45. The number of hydrogen-bond donors (Lipinski definition) is 0. The maximum absolute atomic E-state index is 12.5. The Morgan fingerprint density at radius 1 is 1.41 bits per heavy atom. The van der Waals surface area contributed by atoms with Crippen LogP contribution in [0.4, 0.5) is 0 Å². The normalized spacial score (nSPS) is 30.6. The zero-order valence-corrected chi connectivity index (χ0v) is 16.7. The van der Waals surface area contributed by atoms with Crippen LogP contribution in [0.15, 0.2) is 29.3 Å². The number of sulfone groups is 1. The minimum atomic E-state index is -3.06. The number of carbonyl (C=O) groups is 1. The molecule has 3 aliphatic rings. The van der Waals surface area contributed by atoms with Crippen LogP contribution in [0.2, 0.25) is 0 Å². The molecular weight excluding hydrogens is 388 g/mol. The summed E-state index contributed by atoms with van der Waals surface area (Å²) in [6.07, 6.45) is 1.09. The highest BCUT2D eigenvalue weighted by molar-refractivity contribution is 8.15. The minimum Gasteiger partial charge on any atom is -0.497 e. The van der Waals surface area contributed by atoms with Crippen molar-refractivity contribution in [3.8, 4) is 5.75 Å². The number of aliphatic imine (C=N–C) groups is 1. The third kappa shape index (κ3) is 4.00. The van der Waals surface area contributed by atoms with Gasteiger partial charge in [-0.2, -0.15) is 4.99 Å². The van der Waals surface area contributed by atoms with E-state index < -0.39 is 15.9 Å². The summed E-state index contributed by atoms with van der Waals surface area (Å²) < 4.78 is 34.9. The number of hydrogen-bond acceptors (Lipinski definition) is 6. The van der Waals surface area contributed by atoms with Crippen LogP contribution >= 0.6 is 11.8 Å². The van der Waals surface area contributed by atoms with Gasteiger partial charge in [-0.25, -0.2) is 8.42 Å². The fraction of sp³-hybridized carbons (Fsp3) is 0.556. The topological polar surface area (TPSA) is 85.3 Å². The van der Waals surface area contributed by atoms with Gasteiger partial charge in [-0.05, 0) is 30.5 Å². The van der Waals surface area contributed by atoms with Crippen molar-refractivity contribution < 1.29 is 22.7 Å². The molecule has 0 aliphatic carbocycles. The summed E-state index contributed by atoms with van der Waals surface area (Å²) in [6.45, 7) is 1.07. The highest BCUT2D eigenvalue weighted by Crippen LogP contribution is 2.39. The van der Waals surface area contributed by atoms with E-state index in [-0.39, 0.29) is 28.7 Å². The van der Waals surface area contributed by atoms with E-state index in [1.54, 1.807) is 7.11 Å². The van der Waals surface area contributed by atoms with Crippen LogP contribution in [0, 0.1) is 0 Å². The van der Waals surface area contributed by atoms with E-state index in [0.29, 0.717) is 24.7 Å². The third-order valence-electron chi connectivity index (χ3n) is 5.07. The van der Waals surface area contributed by atoms with Gasteiger partial charge in [-0.3, -0.25) is 4.79 Å². The Morgan fingerprint density at radius 2 is 2.26 bits per heavy atom. The van der Waals surface area contributed by atoms with Crippen molar-refractivity contribution in [3.05, 3.63) is 29.8 Å². The first kappa shape index (κ1) is 18.8. The SMILES string of the molecule is COc1cccc(CN2C(=NC(=O)[C@@H]3CCCO3)S[C@H]3CS(=O)(=O)C[C@H]32)c1. The Labute approximate surface area is 163 Å². The van der Waals surface area contributed by atoms with Gasteiger partial charge in [-0.15, -0.1) is 0 Å². The number of rotatable bonds is 4. The smallest absolute Gasteiger partial charge is 0.277 e. The van der Waals surface area contributed by atoms with Gasteiger partial charge in [0.05, 0.1) is 24.7 Å². The van der Waals surface area contributed by atoms with Crippen LogP contribution in [0.25, 0.3) is 0 Å². The summed E-state index contributed by atoms with van der Waals surface area (Å²) in [6, 6.07) is 7.47. The van der Waals surface area contributed by atoms with Crippen LogP contribution in [0.3, 0.4) is 0 Å². The maximum Gasteiger partial charge on any atom is 0.277 e. The van der Waals surface area contributed by atoms with Gasteiger partial charge in [0.25, 0.3) is 5.91 Å². The predicted octanol–water partition coefficient (Wildman–Crippen LogP) is 1.47. The second kappa shape index (κ2) is 7.44. The molecule has 0 radical (unpaired) electrons. The van der Waals surface area contributed by atoms with E-state index in [1.807, 2.05) is 29.2 Å². The van der Waals surface area contributed by atoms with Gasteiger partial charge in [0.2, 0.25) is 0 Å². The van der Waals surface area contributed by atoms with Crippen molar-refractivity contribution in [2.75, 3.05) is 25.2 Å². The van der Waals surface area contributed by atoms with E-state index in [0.717, 1.165) is 17.7 Å². The van der Waals surface area contributed by atoms with Gasteiger partial charge in [0.1, 0.15) is 11.9 Å². The Kier molecular flexibility index (Phi) is 5.17. The number of amidine groups is 1. The molecule has 27 heavy (non-hydrogen) atoms. The van der Waals surface area contributed by atoms with Crippen LogP contribution in [0.1, 0.15) is 18.4 Å². The molecule has 3 heterocycles. The lowest BCUT2D eigenvalue weighted by Gasteiger charge is -2.24. The molecule has 0 N–H and O–H groups in total. The molecule has 0 bridgehead atoms. The molecule has 0 aromatic heterocycles. The van der Waals surface area contributed by atoms with E-state index in [2.05, 4.69) is 4.99 Å². The zero-order chi connectivity index (χ0) is 19.0. The summed E-state index contributed by atoms with van der Waals surface area (Å²) >= 11 is 1.40. The Morgan fingerprint density at radius 3 is 3.00 bits per heavy atom. The first-order valence-corrected chi connectivity index (χ1v) is 11.7. The molecule has 3 atom stereocenters. The largest absolute Gasteiger partial charge is 0.497 e. The zero-order valence-electron chi connectivity index (χ0n) is 15.0. The van der Waals surface area contributed by atoms with Gasteiger partial charge in [0, 0.05) is 18.4 Å². The first-order valence-electron chi connectivity index (χ1n) is 8.96. The maximum atomic E-state index is 12.5. The summed E-state index contributed by atoms with van der Waals surface area (Å²) in [5.74, 6) is 0.698. The highest BCUT2D eigenvalue weighted by Gasteiger charge is 2.48. The van der Waals surface area contributed by atoms with E-state index in [1.165, 1.54) is 11.8 Å². The molecule has 7 nitrogen and oxygen atoms in total. The summed E-state index contributed by atoms with van der Waals surface area (Å²) in [5.41, 5.74) is 0.983. The standard InChI is InChI=1S/C18H22N2O5S2/c1-24-13-5-2-4-12(8-13)9-20-14-10-27(22,23)11-16(14)26-18(20)19-17(21)15-6-3-7-25-15/h2,4-5,8,14-16H,3,6-7,9-11H2,1H3/t14-,15+,16+/m1/s1. The molecule has 0 saturated carbocycles. The number of benzene rings is 1. The number of thioether (sulfide) groups is 1. The fourth-order valence-corrected chi connectivity index (χ4v) is 7.68. The molecule has 1 aromatic carbocycles. The molecule has 0 unspecified atom stereocenters. The van der Waals surface area contributed by atoms with Gasteiger partial charge < -0.3 is 14.4 Å². The molecular formula is C18H22N2O5S2. The van der Waals surface area contributed by atoms with Crippen LogP contribution < -0.4 is 4.74 Å². The molecule has 0 spiro atoms. The monoisotopic (exact) mass is 410 g/mol. The minimum absolute atomic E-state index is 0.0864. The van der Waals surface area contributed by atoms with Crippen LogP contribution in [0.5, 0.6) is 5.75 Å². The predicted molar refractivity (Wildman–Crippen MR) is 104 cm³/mol. The average Bonchev–Trinajstić information content (AvgIpc) is 3.32. The van der Waals surface area contributed by atoms with Gasteiger partial charge in [-0.1, -0.05) is 23.9 Å². The number of fused-ring (bicyclic) bond motifs is 1. The summed E-state index contributed by atoms with van der Waals surface area (Å²) in [4.78, 5) is 18.7. The lowest BCUT2D eigenvalue weighted by molar-refractivity contribution is -0.126. The molecule has 3 saturated heterocycles. The van der Waals surface area contributed by atoms with E-state index in [4.69, 9.17) is 9.47 Å².